The molecule has 0 spiro atoms. The van der Waals surface area contributed by atoms with Crippen molar-refractivity contribution in [1.29, 1.82) is 0 Å². The van der Waals surface area contributed by atoms with Crippen molar-refractivity contribution in [3.63, 3.8) is 0 Å². The fourth-order valence-corrected chi connectivity index (χ4v) is 1.72. The van der Waals surface area contributed by atoms with E-state index in [0.29, 0.717) is 12.2 Å². The van der Waals surface area contributed by atoms with E-state index in [2.05, 4.69) is 4.98 Å². The zero-order valence-corrected chi connectivity index (χ0v) is 10.4. The highest BCUT2D eigenvalue weighted by molar-refractivity contribution is 5.91. The maximum Gasteiger partial charge on any atom is 0.320 e. The molecular formula is C12H14ClN3O2. The van der Waals surface area contributed by atoms with Crippen molar-refractivity contribution >= 4 is 35.0 Å². The van der Waals surface area contributed by atoms with Gasteiger partial charge in [-0.3, -0.25) is 4.79 Å². The topological polar surface area (TPSA) is 102 Å². The van der Waals surface area contributed by atoms with Crippen LogP contribution in [0.4, 0.5) is 5.82 Å². The van der Waals surface area contributed by atoms with Crippen molar-refractivity contribution in [2.45, 2.75) is 12.5 Å². The van der Waals surface area contributed by atoms with Gasteiger partial charge in [-0.2, -0.15) is 0 Å². The lowest BCUT2D eigenvalue weighted by atomic mass is 10.0. The lowest BCUT2D eigenvalue weighted by Crippen LogP contribution is -2.32. The molecule has 18 heavy (non-hydrogen) atoms. The van der Waals surface area contributed by atoms with Crippen LogP contribution in [-0.2, 0) is 11.2 Å². The van der Waals surface area contributed by atoms with Crippen molar-refractivity contribution in [1.82, 2.24) is 4.98 Å². The van der Waals surface area contributed by atoms with Gasteiger partial charge in [0.25, 0.3) is 0 Å². The fraction of sp³-hybridized carbons (Fsp3) is 0.167. The molecule has 0 aliphatic carbocycles. The first-order valence-corrected chi connectivity index (χ1v) is 5.19. The standard InChI is InChI=1S/C12H13N3O2.ClH/c13-10(12(16)17)6-7-1-2-9-8(5-7)3-4-15-11(9)14;/h1-5,10H,6,13H2,(H2,14,15)(H,16,17);1H. The summed E-state index contributed by atoms with van der Waals surface area (Å²) in [6, 6.07) is 6.49. The molecule has 0 saturated carbocycles. The second-order valence-electron chi connectivity index (χ2n) is 3.90. The van der Waals surface area contributed by atoms with Crippen molar-refractivity contribution in [2.75, 3.05) is 5.73 Å². The molecule has 1 atom stereocenters. The average molecular weight is 268 g/mol. The van der Waals surface area contributed by atoms with Gasteiger partial charge in [-0.05, 0) is 23.4 Å². The molecule has 0 saturated heterocycles. The molecule has 5 nitrogen and oxygen atoms in total. The number of halogens is 1. The van der Waals surface area contributed by atoms with E-state index < -0.39 is 12.0 Å². The number of hydrogen-bond acceptors (Lipinski definition) is 4. The summed E-state index contributed by atoms with van der Waals surface area (Å²) in [5, 5.41) is 10.5. The predicted octanol–water partition coefficient (Wildman–Crippen LogP) is 1.19. The molecule has 6 heteroatoms. The number of benzene rings is 1. The van der Waals surface area contributed by atoms with E-state index in [1.807, 2.05) is 24.3 Å². The van der Waals surface area contributed by atoms with Crippen LogP contribution >= 0.6 is 12.4 Å². The summed E-state index contributed by atoms with van der Waals surface area (Å²) >= 11 is 0. The molecule has 1 heterocycles. The molecule has 0 amide bonds. The average Bonchev–Trinajstić information content (AvgIpc) is 2.29. The number of pyridine rings is 1. The molecule has 0 aliphatic heterocycles. The Bertz CT molecular complexity index is 574. The monoisotopic (exact) mass is 267 g/mol. The highest BCUT2D eigenvalue weighted by atomic mass is 35.5. The van der Waals surface area contributed by atoms with Crippen molar-refractivity contribution < 1.29 is 9.90 Å². The number of nitrogen functional groups attached to an aromatic ring is 1. The Morgan fingerprint density at radius 3 is 2.78 bits per heavy atom. The van der Waals surface area contributed by atoms with E-state index in [9.17, 15) is 4.79 Å². The summed E-state index contributed by atoms with van der Waals surface area (Å²) in [6.45, 7) is 0. The zero-order valence-electron chi connectivity index (χ0n) is 9.54. The van der Waals surface area contributed by atoms with E-state index in [4.69, 9.17) is 16.6 Å². The van der Waals surface area contributed by atoms with E-state index in [1.54, 1.807) is 6.20 Å². The number of carboxylic acid groups (broad SMARTS) is 1. The summed E-state index contributed by atoms with van der Waals surface area (Å²) in [5.41, 5.74) is 12.1. The van der Waals surface area contributed by atoms with Gasteiger partial charge in [-0.15, -0.1) is 12.4 Å². The van der Waals surface area contributed by atoms with Gasteiger partial charge in [0, 0.05) is 11.6 Å². The van der Waals surface area contributed by atoms with Crippen LogP contribution in [0.3, 0.4) is 0 Å². The van der Waals surface area contributed by atoms with Crippen molar-refractivity contribution in [3.05, 3.63) is 36.0 Å². The van der Waals surface area contributed by atoms with Gasteiger partial charge >= 0.3 is 5.97 Å². The molecular weight excluding hydrogens is 254 g/mol. The summed E-state index contributed by atoms with van der Waals surface area (Å²) < 4.78 is 0. The molecule has 2 rings (SSSR count). The second kappa shape index (κ2) is 5.66. The Morgan fingerprint density at radius 2 is 2.11 bits per heavy atom. The number of rotatable bonds is 3. The molecule has 1 aromatic carbocycles. The third-order valence-corrected chi connectivity index (χ3v) is 2.63. The summed E-state index contributed by atoms with van der Waals surface area (Å²) in [4.78, 5) is 14.7. The number of aromatic nitrogens is 1. The van der Waals surface area contributed by atoms with E-state index >= 15 is 0 Å². The van der Waals surface area contributed by atoms with Gasteiger partial charge in [0.05, 0.1) is 0 Å². The quantitative estimate of drug-likeness (QED) is 0.775. The van der Waals surface area contributed by atoms with Gasteiger partial charge in [0.2, 0.25) is 0 Å². The Hall–Kier alpha value is -1.85. The maximum absolute atomic E-state index is 10.7. The van der Waals surface area contributed by atoms with Crippen LogP contribution in [0.5, 0.6) is 0 Å². The van der Waals surface area contributed by atoms with Crippen LogP contribution in [0.1, 0.15) is 5.56 Å². The van der Waals surface area contributed by atoms with Gasteiger partial charge in [0.1, 0.15) is 11.9 Å². The number of fused-ring (bicyclic) bond motifs is 1. The van der Waals surface area contributed by atoms with Gasteiger partial charge in [0.15, 0.2) is 0 Å². The number of nitrogens with zero attached hydrogens (tertiary/aromatic N) is 1. The summed E-state index contributed by atoms with van der Waals surface area (Å²) in [6.07, 6.45) is 1.92. The maximum atomic E-state index is 10.7. The third kappa shape index (κ3) is 2.88. The minimum atomic E-state index is -1.00. The third-order valence-electron chi connectivity index (χ3n) is 2.63. The molecule has 1 aromatic heterocycles. The molecule has 0 radical (unpaired) electrons. The van der Waals surface area contributed by atoms with Crippen LogP contribution in [-0.4, -0.2) is 22.1 Å². The molecule has 2 aromatic rings. The largest absolute Gasteiger partial charge is 0.480 e. The highest BCUT2D eigenvalue weighted by Crippen LogP contribution is 2.20. The minimum absolute atomic E-state index is 0. The number of anilines is 1. The van der Waals surface area contributed by atoms with Crippen LogP contribution in [0.15, 0.2) is 30.5 Å². The summed E-state index contributed by atoms with van der Waals surface area (Å²) in [5.74, 6) is -0.532. The molecule has 0 fully saturated rings. The first-order valence-electron chi connectivity index (χ1n) is 5.19. The van der Waals surface area contributed by atoms with Crippen LogP contribution < -0.4 is 11.5 Å². The summed E-state index contributed by atoms with van der Waals surface area (Å²) in [7, 11) is 0. The number of carboxylic acids is 1. The second-order valence-corrected chi connectivity index (χ2v) is 3.90. The number of hydrogen-bond donors (Lipinski definition) is 3. The van der Waals surface area contributed by atoms with Crippen LogP contribution in [0.2, 0.25) is 0 Å². The van der Waals surface area contributed by atoms with E-state index in [-0.39, 0.29) is 12.4 Å². The number of aliphatic carboxylic acids is 1. The molecule has 0 bridgehead atoms. The molecule has 96 valence electrons. The van der Waals surface area contributed by atoms with Crippen LogP contribution in [0, 0.1) is 0 Å². The van der Waals surface area contributed by atoms with Crippen molar-refractivity contribution in [3.8, 4) is 0 Å². The molecule has 1 unspecified atom stereocenters. The Morgan fingerprint density at radius 1 is 1.39 bits per heavy atom. The van der Waals surface area contributed by atoms with E-state index in [0.717, 1.165) is 16.3 Å². The van der Waals surface area contributed by atoms with Crippen LogP contribution in [0.25, 0.3) is 10.8 Å². The van der Waals surface area contributed by atoms with Gasteiger partial charge in [-0.25, -0.2) is 4.98 Å². The molecule has 5 N–H and O–H groups in total. The lowest BCUT2D eigenvalue weighted by molar-refractivity contribution is -0.138. The van der Waals surface area contributed by atoms with Gasteiger partial charge in [-0.1, -0.05) is 18.2 Å². The molecule has 0 aliphatic rings. The zero-order chi connectivity index (χ0) is 12.4. The SMILES string of the molecule is Cl.Nc1nccc2cc(CC(N)C(=O)O)ccc12. The fourth-order valence-electron chi connectivity index (χ4n) is 1.72. The predicted molar refractivity (Wildman–Crippen MR) is 72.7 cm³/mol. The highest BCUT2D eigenvalue weighted by Gasteiger charge is 2.12. The Labute approximate surface area is 110 Å². The Kier molecular flexibility index (Phi) is 4.47. The van der Waals surface area contributed by atoms with E-state index in [1.165, 1.54) is 0 Å². The Balaban J connectivity index is 0.00000162. The van der Waals surface area contributed by atoms with Gasteiger partial charge < -0.3 is 16.6 Å². The normalized spacial score (nSPS) is 11.8. The number of carbonyl (C=O) groups is 1. The number of nitrogens with two attached hydrogens (primary N) is 2. The van der Waals surface area contributed by atoms with Crippen molar-refractivity contribution in [2.24, 2.45) is 5.73 Å². The minimum Gasteiger partial charge on any atom is -0.480 e. The lowest BCUT2D eigenvalue weighted by Gasteiger charge is -2.08. The smallest absolute Gasteiger partial charge is 0.320 e. The first kappa shape index (κ1) is 14.2. The first-order chi connectivity index (χ1) is 8.08.